The summed E-state index contributed by atoms with van der Waals surface area (Å²) in [6.07, 6.45) is 1.68. The largest absolute Gasteiger partial charge is 0.324 e. The van der Waals surface area contributed by atoms with Crippen molar-refractivity contribution in [2.75, 3.05) is 11.9 Å². The van der Waals surface area contributed by atoms with Gasteiger partial charge in [-0.05, 0) is 49.2 Å². The second-order valence-electron chi connectivity index (χ2n) is 6.32. The fraction of sp³-hybridized carbons (Fsp3) is 0.200. The summed E-state index contributed by atoms with van der Waals surface area (Å²) in [6, 6.07) is 14.2. The van der Waals surface area contributed by atoms with Crippen LogP contribution in [0.5, 0.6) is 0 Å². The number of hydrogen-bond acceptors (Lipinski definition) is 4. The molecule has 3 rings (SSSR count). The van der Waals surface area contributed by atoms with Crippen molar-refractivity contribution in [2.45, 2.75) is 25.2 Å². The second-order valence-corrected chi connectivity index (χ2v) is 8.09. The van der Waals surface area contributed by atoms with Gasteiger partial charge in [0, 0.05) is 24.5 Å². The van der Waals surface area contributed by atoms with Crippen LogP contribution in [0.15, 0.2) is 59.6 Å². The molecule has 2 N–H and O–H groups in total. The molecule has 0 saturated carbocycles. The molecule has 27 heavy (non-hydrogen) atoms. The number of aryl methyl sites for hydroxylation is 2. The molecular weight excluding hydrogens is 362 g/mol. The van der Waals surface area contributed by atoms with E-state index in [1.807, 2.05) is 38.1 Å². The number of nitrogens with zero attached hydrogens (tertiary/aromatic N) is 1. The normalized spacial score (nSPS) is 11.5. The zero-order valence-corrected chi connectivity index (χ0v) is 16.0. The van der Waals surface area contributed by atoms with Crippen LogP contribution in [0.3, 0.4) is 0 Å². The molecule has 0 atom stereocenters. The van der Waals surface area contributed by atoms with Crippen LogP contribution >= 0.6 is 0 Å². The molecule has 0 bridgehead atoms. The summed E-state index contributed by atoms with van der Waals surface area (Å²) < 4.78 is 27.2. The van der Waals surface area contributed by atoms with Crippen molar-refractivity contribution in [3.05, 3.63) is 65.9 Å². The minimum atomic E-state index is -3.65. The Morgan fingerprint density at radius 2 is 1.81 bits per heavy atom. The van der Waals surface area contributed by atoms with Crippen molar-refractivity contribution in [1.29, 1.82) is 0 Å². The fourth-order valence-electron chi connectivity index (χ4n) is 2.68. The lowest BCUT2D eigenvalue weighted by Gasteiger charge is -2.10. The number of sulfonamides is 1. The van der Waals surface area contributed by atoms with E-state index in [9.17, 15) is 13.2 Å². The summed E-state index contributed by atoms with van der Waals surface area (Å²) in [5.74, 6) is -0.282. The second kappa shape index (κ2) is 7.85. The number of hydrogen-bond donors (Lipinski definition) is 2. The van der Waals surface area contributed by atoms with Crippen molar-refractivity contribution < 1.29 is 13.2 Å². The van der Waals surface area contributed by atoms with Gasteiger partial charge in [-0.25, -0.2) is 13.1 Å². The minimum Gasteiger partial charge on any atom is -0.324 e. The maximum atomic E-state index is 12.4. The summed E-state index contributed by atoms with van der Waals surface area (Å²) >= 11 is 0. The lowest BCUT2D eigenvalue weighted by molar-refractivity contribution is -0.116. The van der Waals surface area contributed by atoms with Crippen LogP contribution in [0, 0.1) is 13.8 Å². The SMILES string of the molecule is Cc1ccc(S(=O)(=O)NCCC(=O)Nc2cccc3cccnc23)cc1C. The molecule has 0 fully saturated rings. The predicted octanol–water partition coefficient (Wildman–Crippen LogP) is 3.16. The molecule has 1 amide bonds. The van der Waals surface area contributed by atoms with E-state index >= 15 is 0 Å². The van der Waals surface area contributed by atoms with Gasteiger partial charge in [0.05, 0.1) is 16.1 Å². The van der Waals surface area contributed by atoms with Gasteiger partial charge in [0.25, 0.3) is 0 Å². The number of carbonyl (C=O) groups is 1. The molecule has 0 aliphatic carbocycles. The Kier molecular flexibility index (Phi) is 5.53. The van der Waals surface area contributed by atoms with Gasteiger partial charge in [-0.3, -0.25) is 9.78 Å². The highest BCUT2D eigenvalue weighted by atomic mass is 32.2. The first kappa shape index (κ1) is 19.0. The first-order chi connectivity index (χ1) is 12.9. The fourth-order valence-corrected chi connectivity index (χ4v) is 3.80. The average molecular weight is 383 g/mol. The van der Waals surface area contributed by atoms with E-state index in [1.54, 1.807) is 30.5 Å². The number of amides is 1. The van der Waals surface area contributed by atoms with Crippen molar-refractivity contribution >= 4 is 32.5 Å². The van der Waals surface area contributed by atoms with Gasteiger partial charge < -0.3 is 5.32 Å². The van der Waals surface area contributed by atoms with E-state index in [-0.39, 0.29) is 23.8 Å². The van der Waals surface area contributed by atoms with E-state index < -0.39 is 10.0 Å². The molecule has 140 valence electrons. The van der Waals surface area contributed by atoms with Gasteiger partial charge in [-0.15, -0.1) is 0 Å². The van der Waals surface area contributed by atoms with E-state index in [4.69, 9.17) is 0 Å². The number of para-hydroxylation sites is 1. The molecule has 0 saturated heterocycles. The average Bonchev–Trinajstić information content (AvgIpc) is 2.64. The smallest absolute Gasteiger partial charge is 0.240 e. The maximum Gasteiger partial charge on any atom is 0.240 e. The molecule has 6 nitrogen and oxygen atoms in total. The highest BCUT2D eigenvalue weighted by Gasteiger charge is 2.15. The Hall–Kier alpha value is -2.77. The van der Waals surface area contributed by atoms with Crippen molar-refractivity contribution in [1.82, 2.24) is 9.71 Å². The summed E-state index contributed by atoms with van der Waals surface area (Å²) in [5.41, 5.74) is 3.23. The zero-order valence-electron chi connectivity index (χ0n) is 15.2. The number of anilines is 1. The summed E-state index contributed by atoms with van der Waals surface area (Å²) in [6.45, 7) is 3.80. The third-order valence-electron chi connectivity index (χ3n) is 4.34. The van der Waals surface area contributed by atoms with Gasteiger partial charge in [0.15, 0.2) is 0 Å². The summed E-state index contributed by atoms with van der Waals surface area (Å²) in [4.78, 5) is 16.7. The topological polar surface area (TPSA) is 88.2 Å². The zero-order chi connectivity index (χ0) is 19.4. The molecule has 0 aliphatic rings. The molecular formula is C20H21N3O3S. The first-order valence-corrected chi connectivity index (χ1v) is 10.1. The minimum absolute atomic E-state index is 0.0132. The number of fused-ring (bicyclic) bond motifs is 1. The van der Waals surface area contributed by atoms with Gasteiger partial charge in [-0.1, -0.05) is 24.3 Å². The van der Waals surface area contributed by atoms with Gasteiger partial charge >= 0.3 is 0 Å². The van der Waals surface area contributed by atoms with E-state index in [0.29, 0.717) is 11.2 Å². The van der Waals surface area contributed by atoms with Crippen LogP contribution in [-0.4, -0.2) is 25.9 Å². The lowest BCUT2D eigenvalue weighted by atomic mass is 10.1. The first-order valence-electron chi connectivity index (χ1n) is 8.57. The molecule has 0 aliphatic heterocycles. The summed E-state index contributed by atoms with van der Waals surface area (Å²) in [5, 5.41) is 3.71. The molecule has 2 aromatic carbocycles. The number of nitrogens with one attached hydrogen (secondary N) is 2. The van der Waals surface area contributed by atoms with Crippen LogP contribution in [-0.2, 0) is 14.8 Å². The van der Waals surface area contributed by atoms with E-state index in [2.05, 4.69) is 15.0 Å². The molecule has 1 aromatic heterocycles. The summed E-state index contributed by atoms with van der Waals surface area (Å²) in [7, 11) is -3.65. The highest BCUT2D eigenvalue weighted by Crippen LogP contribution is 2.20. The molecule has 0 unspecified atom stereocenters. The number of carbonyl (C=O) groups excluding carboxylic acids is 1. The van der Waals surface area contributed by atoms with Crippen molar-refractivity contribution in [3.63, 3.8) is 0 Å². The lowest BCUT2D eigenvalue weighted by Crippen LogP contribution is -2.28. The predicted molar refractivity (Wildman–Crippen MR) is 106 cm³/mol. The maximum absolute atomic E-state index is 12.4. The quantitative estimate of drug-likeness (QED) is 0.684. The van der Waals surface area contributed by atoms with E-state index in [1.165, 1.54) is 0 Å². The van der Waals surface area contributed by atoms with E-state index in [0.717, 1.165) is 16.5 Å². The molecule has 0 radical (unpaired) electrons. The third-order valence-corrected chi connectivity index (χ3v) is 5.80. The van der Waals surface area contributed by atoms with Crippen LogP contribution in [0.2, 0.25) is 0 Å². The standard InChI is InChI=1S/C20H21N3O3S/c1-14-8-9-17(13-15(14)2)27(25,26)22-12-10-19(24)23-18-7-3-5-16-6-4-11-21-20(16)18/h3-9,11,13,22H,10,12H2,1-2H3,(H,23,24). The van der Waals surface area contributed by atoms with Crippen LogP contribution < -0.4 is 10.0 Å². The Balaban J connectivity index is 1.61. The molecule has 7 heteroatoms. The molecule has 0 spiro atoms. The van der Waals surface area contributed by atoms with Crippen LogP contribution in [0.4, 0.5) is 5.69 Å². The number of benzene rings is 2. The van der Waals surface area contributed by atoms with Gasteiger partial charge in [-0.2, -0.15) is 0 Å². The number of rotatable bonds is 6. The highest BCUT2D eigenvalue weighted by molar-refractivity contribution is 7.89. The van der Waals surface area contributed by atoms with Crippen molar-refractivity contribution in [2.24, 2.45) is 0 Å². The Labute approximate surface area is 158 Å². The molecule has 1 heterocycles. The Morgan fingerprint density at radius 3 is 2.59 bits per heavy atom. The number of pyridine rings is 1. The van der Waals surface area contributed by atoms with Crippen LogP contribution in [0.25, 0.3) is 10.9 Å². The van der Waals surface area contributed by atoms with Crippen molar-refractivity contribution in [3.8, 4) is 0 Å². The third kappa shape index (κ3) is 4.50. The van der Waals surface area contributed by atoms with Crippen LogP contribution in [0.1, 0.15) is 17.5 Å². The monoisotopic (exact) mass is 383 g/mol. The van der Waals surface area contributed by atoms with Gasteiger partial charge in [0.1, 0.15) is 0 Å². The number of aromatic nitrogens is 1. The molecule has 3 aromatic rings. The Bertz CT molecular complexity index is 1090. The van der Waals surface area contributed by atoms with Gasteiger partial charge in [0.2, 0.25) is 15.9 Å². The Morgan fingerprint density at radius 1 is 1.04 bits per heavy atom.